The molecule has 0 aliphatic carbocycles. The van der Waals surface area contributed by atoms with Crippen LogP contribution in [0.2, 0.25) is 0 Å². The maximum atomic E-state index is 12.0. The Balaban J connectivity index is 2.00. The van der Waals surface area contributed by atoms with E-state index in [1.807, 2.05) is 12.1 Å². The minimum atomic E-state index is -0.996. The number of carboxylic acid groups (broad SMARTS) is 1. The van der Waals surface area contributed by atoms with Crippen LogP contribution in [0.1, 0.15) is 15.9 Å². The number of nitrogens with one attached hydrogen (secondary N) is 1. The lowest BCUT2D eigenvalue weighted by molar-refractivity contribution is -0.137. The normalized spacial score (nSPS) is 10.3. The minimum Gasteiger partial charge on any atom is -0.480 e. The van der Waals surface area contributed by atoms with Gasteiger partial charge in [-0.2, -0.15) is 5.10 Å². The van der Waals surface area contributed by atoms with Crippen LogP contribution in [0.15, 0.2) is 36.7 Å². The first-order valence-electron chi connectivity index (χ1n) is 6.22. The molecule has 0 saturated carbocycles. The van der Waals surface area contributed by atoms with Crippen LogP contribution in [0.5, 0.6) is 0 Å². The molecule has 1 aromatic heterocycles. The highest BCUT2D eigenvalue weighted by molar-refractivity contribution is 6.04. The Morgan fingerprint density at radius 3 is 2.67 bits per heavy atom. The molecule has 0 radical (unpaired) electrons. The van der Waals surface area contributed by atoms with Crippen LogP contribution in [0.25, 0.3) is 0 Å². The fourth-order valence-corrected chi connectivity index (χ4v) is 1.78. The second kappa shape index (κ2) is 6.67. The van der Waals surface area contributed by atoms with Gasteiger partial charge in [-0.15, -0.1) is 0 Å². The molecule has 0 unspecified atom stereocenters. The van der Waals surface area contributed by atoms with E-state index in [2.05, 4.69) is 10.4 Å². The average molecular weight is 289 g/mol. The molecule has 0 aliphatic heterocycles. The standard InChI is InChI=1S/C14H15N3O4/c1-21-9-10-2-4-11(5-3-10)14(20)16-12-6-15-17(7-12)8-13(18)19/h2-7H,8-9H2,1H3,(H,16,20)(H,18,19). The van der Waals surface area contributed by atoms with Gasteiger partial charge in [0.2, 0.25) is 0 Å². The van der Waals surface area contributed by atoms with Gasteiger partial charge in [-0.05, 0) is 17.7 Å². The number of hydrogen-bond donors (Lipinski definition) is 2. The highest BCUT2D eigenvalue weighted by Gasteiger charge is 2.08. The predicted molar refractivity (Wildman–Crippen MR) is 75.0 cm³/mol. The molecule has 0 saturated heterocycles. The Morgan fingerprint density at radius 2 is 2.05 bits per heavy atom. The number of aliphatic carboxylic acids is 1. The molecule has 7 heteroatoms. The number of rotatable bonds is 6. The number of anilines is 1. The monoisotopic (exact) mass is 289 g/mol. The molecular formula is C14H15N3O4. The van der Waals surface area contributed by atoms with Crippen molar-refractivity contribution in [3.63, 3.8) is 0 Å². The SMILES string of the molecule is COCc1ccc(C(=O)Nc2cnn(CC(=O)O)c2)cc1. The quantitative estimate of drug-likeness (QED) is 0.837. The third-order valence-corrected chi connectivity index (χ3v) is 2.72. The zero-order valence-corrected chi connectivity index (χ0v) is 11.4. The summed E-state index contributed by atoms with van der Waals surface area (Å²) >= 11 is 0. The number of aromatic nitrogens is 2. The molecule has 7 nitrogen and oxygen atoms in total. The third-order valence-electron chi connectivity index (χ3n) is 2.72. The average Bonchev–Trinajstić information content (AvgIpc) is 2.86. The van der Waals surface area contributed by atoms with Crippen molar-refractivity contribution < 1.29 is 19.4 Å². The lowest BCUT2D eigenvalue weighted by Gasteiger charge is -2.04. The van der Waals surface area contributed by atoms with Gasteiger partial charge in [-0.1, -0.05) is 12.1 Å². The number of nitrogens with zero attached hydrogens (tertiary/aromatic N) is 2. The van der Waals surface area contributed by atoms with E-state index in [1.165, 1.54) is 17.1 Å². The van der Waals surface area contributed by atoms with Gasteiger partial charge >= 0.3 is 5.97 Å². The first kappa shape index (κ1) is 14.7. The Bertz CT molecular complexity index is 634. The molecule has 0 atom stereocenters. The molecule has 110 valence electrons. The van der Waals surface area contributed by atoms with Crippen molar-refractivity contribution in [1.29, 1.82) is 0 Å². The van der Waals surface area contributed by atoms with Crippen molar-refractivity contribution in [2.24, 2.45) is 0 Å². The Hall–Kier alpha value is -2.67. The van der Waals surface area contributed by atoms with Gasteiger partial charge in [0.1, 0.15) is 6.54 Å². The summed E-state index contributed by atoms with van der Waals surface area (Å²) in [5.74, 6) is -1.28. The predicted octanol–water partition coefficient (Wildman–Crippen LogP) is 1.37. The zero-order chi connectivity index (χ0) is 15.2. The maximum absolute atomic E-state index is 12.0. The van der Waals surface area contributed by atoms with E-state index in [-0.39, 0.29) is 12.5 Å². The zero-order valence-electron chi connectivity index (χ0n) is 11.4. The fourth-order valence-electron chi connectivity index (χ4n) is 1.78. The third kappa shape index (κ3) is 4.15. The van der Waals surface area contributed by atoms with Crippen LogP contribution in [0, 0.1) is 0 Å². The molecular weight excluding hydrogens is 274 g/mol. The van der Waals surface area contributed by atoms with Crippen LogP contribution in [0.3, 0.4) is 0 Å². The van der Waals surface area contributed by atoms with E-state index in [9.17, 15) is 9.59 Å². The second-order valence-corrected chi connectivity index (χ2v) is 4.40. The molecule has 1 amide bonds. The summed E-state index contributed by atoms with van der Waals surface area (Å²) in [6.07, 6.45) is 2.87. The van der Waals surface area contributed by atoms with E-state index in [1.54, 1.807) is 19.2 Å². The Kier molecular flexibility index (Phi) is 4.68. The number of carboxylic acids is 1. The number of methoxy groups -OCH3 is 1. The minimum absolute atomic E-state index is 0.248. The van der Waals surface area contributed by atoms with E-state index in [0.717, 1.165) is 5.56 Å². The number of ether oxygens (including phenoxy) is 1. The number of hydrogen-bond acceptors (Lipinski definition) is 4. The van der Waals surface area contributed by atoms with Crippen LogP contribution >= 0.6 is 0 Å². The van der Waals surface area contributed by atoms with Gasteiger partial charge in [0.05, 0.1) is 18.5 Å². The number of benzene rings is 1. The van der Waals surface area contributed by atoms with Crippen molar-refractivity contribution in [3.05, 3.63) is 47.8 Å². The molecule has 0 fully saturated rings. The summed E-state index contributed by atoms with van der Waals surface area (Å²) in [4.78, 5) is 22.6. The summed E-state index contributed by atoms with van der Waals surface area (Å²) in [6.45, 7) is 0.242. The molecule has 2 rings (SSSR count). The van der Waals surface area contributed by atoms with Gasteiger partial charge in [-0.25, -0.2) is 0 Å². The van der Waals surface area contributed by atoms with Crippen molar-refractivity contribution in [1.82, 2.24) is 9.78 Å². The fraction of sp³-hybridized carbons (Fsp3) is 0.214. The summed E-state index contributed by atoms with van der Waals surface area (Å²) in [5.41, 5.74) is 1.92. The number of carbonyl (C=O) groups is 2. The maximum Gasteiger partial charge on any atom is 0.325 e. The van der Waals surface area contributed by atoms with E-state index >= 15 is 0 Å². The molecule has 1 heterocycles. The van der Waals surface area contributed by atoms with Crippen molar-refractivity contribution in [3.8, 4) is 0 Å². The summed E-state index contributed by atoms with van der Waals surface area (Å²) < 4.78 is 6.23. The summed E-state index contributed by atoms with van der Waals surface area (Å²) in [6, 6.07) is 7.02. The van der Waals surface area contributed by atoms with Crippen molar-refractivity contribution >= 4 is 17.6 Å². The first-order chi connectivity index (χ1) is 10.1. The van der Waals surface area contributed by atoms with Crippen LogP contribution in [0.4, 0.5) is 5.69 Å². The van der Waals surface area contributed by atoms with E-state index in [4.69, 9.17) is 9.84 Å². The second-order valence-electron chi connectivity index (χ2n) is 4.40. The highest BCUT2D eigenvalue weighted by Crippen LogP contribution is 2.10. The Morgan fingerprint density at radius 1 is 1.33 bits per heavy atom. The van der Waals surface area contributed by atoms with Gasteiger partial charge in [0.15, 0.2) is 0 Å². The van der Waals surface area contributed by atoms with Gasteiger partial charge in [0, 0.05) is 18.9 Å². The lowest BCUT2D eigenvalue weighted by atomic mass is 10.1. The molecule has 2 N–H and O–H groups in total. The van der Waals surface area contributed by atoms with E-state index < -0.39 is 5.97 Å². The van der Waals surface area contributed by atoms with E-state index in [0.29, 0.717) is 17.9 Å². The smallest absolute Gasteiger partial charge is 0.325 e. The first-order valence-corrected chi connectivity index (χ1v) is 6.22. The molecule has 0 spiro atoms. The topological polar surface area (TPSA) is 93.5 Å². The molecule has 1 aromatic carbocycles. The number of carbonyl (C=O) groups excluding carboxylic acids is 1. The molecule has 0 bridgehead atoms. The van der Waals surface area contributed by atoms with Crippen LogP contribution in [-0.2, 0) is 22.7 Å². The van der Waals surface area contributed by atoms with Crippen molar-refractivity contribution in [2.45, 2.75) is 13.2 Å². The highest BCUT2D eigenvalue weighted by atomic mass is 16.5. The van der Waals surface area contributed by atoms with Gasteiger partial charge in [-0.3, -0.25) is 14.3 Å². The molecule has 21 heavy (non-hydrogen) atoms. The Labute approximate surface area is 121 Å². The largest absolute Gasteiger partial charge is 0.480 e. The van der Waals surface area contributed by atoms with Crippen LogP contribution < -0.4 is 5.32 Å². The summed E-state index contributed by atoms with van der Waals surface area (Å²) in [5, 5.41) is 15.2. The molecule has 0 aliphatic rings. The lowest BCUT2D eigenvalue weighted by Crippen LogP contribution is -2.12. The molecule has 2 aromatic rings. The van der Waals surface area contributed by atoms with Gasteiger partial charge in [0.25, 0.3) is 5.91 Å². The van der Waals surface area contributed by atoms with Gasteiger partial charge < -0.3 is 15.2 Å². The number of amides is 1. The van der Waals surface area contributed by atoms with Crippen LogP contribution in [-0.4, -0.2) is 33.9 Å². The van der Waals surface area contributed by atoms with Crippen molar-refractivity contribution in [2.75, 3.05) is 12.4 Å². The summed E-state index contributed by atoms with van der Waals surface area (Å²) in [7, 11) is 1.61.